The van der Waals surface area contributed by atoms with Gasteiger partial charge in [0, 0.05) is 5.54 Å². The highest BCUT2D eigenvalue weighted by Crippen LogP contribution is 2.48. The lowest BCUT2D eigenvalue weighted by Gasteiger charge is -2.42. The number of ether oxygens (including phenoxy) is 1. The van der Waals surface area contributed by atoms with Gasteiger partial charge in [-0.1, -0.05) is 11.6 Å². The lowest BCUT2D eigenvalue weighted by atomic mass is 10.0. The van der Waals surface area contributed by atoms with E-state index in [0.717, 1.165) is 24.8 Å². The zero-order valence-corrected chi connectivity index (χ0v) is 13.6. The fourth-order valence-corrected chi connectivity index (χ4v) is 3.47. The van der Waals surface area contributed by atoms with E-state index in [-0.39, 0.29) is 18.1 Å². The highest BCUT2D eigenvalue weighted by molar-refractivity contribution is 5.98. The summed E-state index contributed by atoms with van der Waals surface area (Å²) in [6.07, 6.45) is 5.30. The minimum Gasteiger partial charge on any atom is -0.392 e. The van der Waals surface area contributed by atoms with Gasteiger partial charge in [-0.05, 0) is 38.3 Å². The Morgan fingerprint density at radius 2 is 2.08 bits per heavy atom. The molecule has 2 aliphatic rings. The van der Waals surface area contributed by atoms with Crippen LogP contribution in [0.4, 0.5) is 0 Å². The summed E-state index contributed by atoms with van der Waals surface area (Å²) in [6.45, 7) is 2.32. The van der Waals surface area contributed by atoms with Gasteiger partial charge >= 0.3 is 0 Å². The third kappa shape index (κ3) is 2.40. The zero-order chi connectivity index (χ0) is 16.7. The third-order valence-electron chi connectivity index (χ3n) is 4.90. The van der Waals surface area contributed by atoms with Gasteiger partial charge in [0.05, 0.1) is 36.9 Å². The van der Waals surface area contributed by atoms with Crippen LogP contribution in [0.25, 0.3) is 5.69 Å². The molecule has 126 valence electrons. The molecule has 1 unspecified atom stereocenters. The first-order valence-corrected chi connectivity index (χ1v) is 8.18. The van der Waals surface area contributed by atoms with Crippen molar-refractivity contribution in [2.75, 3.05) is 13.2 Å². The molecule has 1 aromatic heterocycles. The maximum atomic E-state index is 13.4. The second-order valence-electron chi connectivity index (χ2n) is 6.50. The average Bonchev–Trinajstić information content (AvgIpc) is 3.13. The second-order valence-corrected chi connectivity index (χ2v) is 6.50. The molecule has 4 rings (SSSR count). The lowest BCUT2D eigenvalue weighted by molar-refractivity contribution is -0.128. The van der Waals surface area contributed by atoms with Crippen LogP contribution < -0.4 is 0 Å². The zero-order valence-electron chi connectivity index (χ0n) is 13.6. The molecule has 2 aromatic rings. The van der Waals surface area contributed by atoms with E-state index in [4.69, 9.17) is 4.74 Å². The van der Waals surface area contributed by atoms with Crippen molar-refractivity contribution in [1.82, 2.24) is 19.9 Å². The summed E-state index contributed by atoms with van der Waals surface area (Å²) in [4.78, 5) is 16.5. The molecule has 1 saturated heterocycles. The van der Waals surface area contributed by atoms with Crippen LogP contribution in [0.5, 0.6) is 0 Å². The number of benzene rings is 1. The molecule has 0 radical (unpaired) electrons. The molecule has 1 spiro atoms. The van der Waals surface area contributed by atoms with Gasteiger partial charge in [-0.2, -0.15) is 15.0 Å². The molecular weight excluding hydrogens is 308 g/mol. The van der Waals surface area contributed by atoms with E-state index >= 15 is 0 Å². The summed E-state index contributed by atoms with van der Waals surface area (Å²) >= 11 is 0. The van der Waals surface area contributed by atoms with Gasteiger partial charge in [-0.3, -0.25) is 4.79 Å². The molecule has 7 nitrogen and oxygen atoms in total. The Balaban J connectivity index is 1.78. The normalized spacial score (nSPS) is 21.9. The van der Waals surface area contributed by atoms with Gasteiger partial charge in [-0.25, -0.2) is 0 Å². The Bertz CT molecular complexity index is 755. The second kappa shape index (κ2) is 5.68. The Hall–Kier alpha value is -2.25. The Labute approximate surface area is 139 Å². The summed E-state index contributed by atoms with van der Waals surface area (Å²) < 4.78 is 5.64. The minimum absolute atomic E-state index is 0.137. The largest absolute Gasteiger partial charge is 0.392 e. The summed E-state index contributed by atoms with van der Waals surface area (Å²) in [5.41, 5.74) is 1.98. The monoisotopic (exact) mass is 328 g/mol. The highest BCUT2D eigenvalue weighted by Gasteiger charge is 2.55. The van der Waals surface area contributed by atoms with Crippen molar-refractivity contribution in [2.24, 2.45) is 0 Å². The van der Waals surface area contributed by atoms with Crippen LogP contribution in [0.15, 0.2) is 30.6 Å². The molecule has 24 heavy (non-hydrogen) atoms. The molecule has 1 N–H and O–H groups in total. The summed E-state index contributed by atoms with van der Waals surface area (Å²) in [5, 5.41) is 18.0. The Kier molecular flexibility index (Phi) is 3.62. The molecular formula is C17H20N4O3. The molecule has 7 heteroatoms. The average molecular weight is 328 g/mol. The number of carbonyl (C=O) groups excluding carboxylic acids is 1. The molecule has 1 aromatic carbocycles. The third-order valence-corrected chi connectivity index (χ3v) is 4.90. The number of hydrogen-bond donors (Lipinski definition) is 1. The smallest absolute Gasteiger partial charge is 0.258 e. The summed E-state index contributed by atoms with van der Waals surface area (Å²) in [7, 11) is 0. The van der Waals surface area contributed by atoms with Crippen LogP contribution in [-0.4, -0.2) is 55.9 Å². The Morgan fingerprint density at radius 3 is 2.75 bits per heavy atom. The number of hydrogen-bond acceptors (Lipinski definition) is 5. The summed E-state index contributed by atoms with van der Waals surface area (Å²) in [5.74, 6) is -0.137. The van der Waals surface area contributed by atoms with Crippen LogP contribution in [0.2, 0.25) is 0 Å². The van der Waals surface area contributed by atoms with Crippen molar-refractivity contribution in [3.8, 4) is 5.69 Å². The maximum Gasteiger partial charge on any atom is 0.258 e. The van der Waals surface area contributed by atoms with E-state index < -0.39 is 6.23 Å². The molecule has 1 saturated carbocycles. The summed E-state index contributed by atoms with van der Waals surface area (Å²) in [6, 6.07) is 5.62. The molecule has 1 amide bonds. The van der Waals surface area contributed by atoms with E-state index in [1.54, 1.807) is 17.3 Å². The van der Waals surface area contributed by atoms with Gasteiger partial charge in [0.15, 0.2) is 6.23 Å². The maximum absolute atomic E-state index is 13.4. The van der Waals surface area contributed by atoms with Crippen LogP contribution in [0.3, 0.4) is 0 Å². The fraction of sp³-hybridized carbons (Fsp3) is 0.471. The van der Waals surface area contributed by atoms with Crippen molar-refractivity contribution < 1.29 is 14.6 Å². The first-order chi connectivity index (χ1) is 11.6. The Morgan fingerprint density at radius 1 is 1.33 bits per heavy atom. The topological polar surface area (TPSA) is 80.5 Å². The van der Waals surface area contributed by atoms with Gasteiger partial charge < -0.3 is 14.7 Å². The van der Waals surface area contributed by atoms with Crippen molar-refractivity contribution in [1.29, 1.82) is 0 Å². The number of rotatable bonds is 3. The van der Waals surface area contributed by atoms with Crippen LogP contribution in [-0.2, 0) is 4.74 Å². The van der Waals surface area contributed by atoms with Crippen molar-refractivity contribution in [3.63, 3.8) is 0 Å². The minimum atomic E-state index is -0.590. The number of nitrogens with zero attached hydrogens (tertiary/aromatic N) is 4. The molecule has 1 aliphatic heterocycles. The lowest BCUT2D eigenvalue weighted by Crippen LogP contribution is -2.55. The van der Waals surface area contributed by atoms with Crippen molar-refractivity contribution in [2.45, 2.75) is 38.0 Å². The first-order valence-electron chi connectivity index (χ1n) is 8.18. The SMILES string of the molecule is Cc1ccc(-n2nccn2)c(C(=O)N2C(CO)OCCC23CC3)c1. The predicted octanol–water partition coefficient (Wildman–Crippen LogP) is 1.29. The standard InChI is InChI=1S/C17H20N4O3/c1-12-2-3-14(21-18-7-8-19-21)13(10-12)16(23)20-15(11-22)24-9-6-17(20)4-5-17/h2-3,7-8,10,15,22H,4-6,9,11H2,1H3. The van der Waals surface area contributed by atoms with Gasteiger partial charge in [0.1, 0.15) is 0 Å². The quantitative estimate of drug-likeness (QED) is 0.918. The van der Waals surface area contributed by atoms with E-state index in [1.165, 1.54) is 4.80 Å². The van der Waals surface area contributed by atoms with E-state index in [0.29, 0.717) is 17.9 Å². The number of carbonyl (C=O) groups is 1. The number of aliphatic hydroxyl groups excluding tert-OH is 1. The van der Waals surface area contributed by atoms with Crippen LogP contribution >= 0.6 is 0 Å². The molecule has 2 heterocycles. The highest BCUT2D eigenvalue weighted by atomic mass is 16.5. The van der Waals surface area contributed by atoms with Gasteiger partial charge in [0.25, 0.3) is 5.91 Å². The molecule has 2 fully saturated rings. The van der Waals surface area contributed by atoms with Gasteiger partial charge in [-0.15, -0.1) is 0 Å². The molecule has 0 bridgehead atoms. The van der Waals surface area contributed by atoms with E-state index in [1.807, 2.05) is 25.1 Å². The van der Waals surface area contributed by atoms with E-state index in [2.05, 4.69) is 10.2 Å². The predicted molar refractivity (Wildman–Crippen MR) is 85.7 cm³/mol. The number of aliphatic hydroxyl groups is 1. The fourth-order valence-electron chi connectivity index (χ4n) is 3.47. The molecule has 1 atom stereocenters. The number of amides is 1. The van der Waals surface area contributed by atoms with Gasteiger partial charge in [0.2, 0.25) is 0 Å². The molecule has 1 aliphatic carbocycles. The van der Waals surface area contributed by atoms with Crippen LogP contribution in [0, 0.1) is 6.92 Å². The number of aryl methyl sites for hydroxylation is 1. The van der Waals surface area contributed by atoms with Crippen molar-refractivity contribution >= 4 is 5.91 Å². The van der Waals surface area contributed by atoms with Crippen LogP contribution in [0.1, 0.15) is 35.2 Å². The first kappa shape index (κ1) is 15.3. The van der Waals surface area contributed by atoms with E-state index in [9.17, 15) is 9.90 Å². The van der Waals surface area contributed by atoms with Crippen molar-refractivity contribution in [3.05, 3.63) is 41.7 Å². The number of aromatic nitrogens is 3.